The molecule has 0 spiro atoms. The van der Waals surface area contributed by atoms with Gasteiger partial charge in [0.05, 0.1) is 26.5 Å². The second-order valence-electron chi connectivity index (χ2n) is 7.40. The summed E-state index contributed by atoms with van der Waals surface area (Å²) in [7, 11) is 3.18. The van der Waals surface area contributed by atoms with Crippen LogP contribution in [-0.4, -0.2) is 43.0 Å². The van der Waals surface area contributed by atoms with Crippen molar-refractivity contribution in [1.82, 2.24) is 20.6 Å². The summed E-state index contributed by atoms with van der Waals surface area (Å²) in [4.78, 5) is 21.6. The van der Waals surface area contributed by atoms with Gasteiger partial charge in [-0.25, -0.2) is 9.97 Å². The quantitative estimate of drug-likeness (QED) is 0.518. The summed E-state index contributed by atoms with van der Waals surface area (Å²) in [6.07, 6.45) is -0.259. The average Bonchev–Trinajstić information content (AvgIpc) is 2.79. The lowest BCUT2D eigenvalue weighted by Crippen LogP contribution is -2.57. The number of anilines is 1. The van der Waals surface area contributed by atoms with Gasteiger partial charge in [0, 0.05) is 17.8 Å². The molecule has 32 heavy (non-hydrogen) atoms. The Labute approximate surface area is 186 Å². The molecule has 3 aromatic rings. The summed E-state index contributed by atoms with van der Waals surface area (Å²) in [6, 6.07) is 11.2. The molecule has 1 fully saturated rings. The van der Waals surface area contributed by atoms with Gasteiger partial charge < -0.3 is 24.8 Å². The highest BCUT2D eigenvalue weighted by Crippen LogP contribution is 2.32. The lowest BCUT2D eigenvalue weighted by Gasteiger charge is -2.32. The van der Waals surface area contributed by atoms with Crippen molar-refractivity contribution in [1.29, 1.82) is 0 Å². The smallest absolute Gasteiger partial charge is 0.226 e. The standard InChI is InChI=1S/C23H27N5O4/c1-5-32-18-8-6-7-15-13(2)24-22(27-21(15)18)28-23-25-16(12-20(29)26-23)14-9-10-17(30-3)19(11-14)31-4/h6-11,16,23,25H,5,12H2,1-4H3,(H,26,29)(H,24,27,28). The topological polar surface area (TPSA) is 107 Å². The van der Waals surface area contributed by atoms with E-state index in [9.17, 15) is 4.79 Å². The van der Waals surface area contributed by atoms with Crippen molar-refractivity contribution < 1.29 is 19.0 Å². The lowest BCUT2D eigenvalue weighted by atomic mass is 10.0. The monoisotopic (exact) mass is 437 g/mol. The molecule has 0 bridgehead atoms. The molecular weight excluding hydrogens is 410 g/mol. The molecule has 2 aromatic carbocycles. The van der Waals surface area contributed by atoms with Crippen LogP contribution in [0.5, 0.6) is 17.2 Å². The first-order valence-electron chi connectivity index (χ1n) is 10.5. The van der Waals surface area contributed by atoms with Crippen LogP contribution >= 0.6 is 0 Å². The van der Waals surface area contributed by atoms with Gasteiger partial charge in [-0.15, -0.1) is 0 Å². The van der Waals surface area contributed by atoms with E-state index in [2.05, 4.69) is 25.9 Å². The van der Waals surface area contributed by atoms with Crippen molar-refractivity contribution >= 4 is 22.8 Å². The minimum atomic E-state index is -0.551. The normalized spacial score (nSPS) is 18.2. The Morgan fingerprint density at radius 2 is 1.91 bits per heavy atom. The van der Waals surface area contributed by atoms with Gasteiger partial charge in [-0.1, -0.05) is 18.2 Å². The van der Waals surface area contributed by atoms with Crippen LogP contribution in [-0.2, 0) is 4.79 Å². The Morgan fingerprint density at radius 3 is 2.66 bits per heavy atom. The summed E-state index contributed by atoms with van der Waals surface area (Å²) in [5.41, 5.74) is 2.46. The molecule has 1 aromatic heterocycles. The first-order valence-corrected chi connectivity index (χ1v) is 10.5. The number of ether oxygens (including phenoxy) is 3. The average molecular weight is 438 g/mol. The van der Waals surface area contributed by atoms with Crippen molar-refractivity contribution in [2.45, 2.75) is 32.6 Å². The molecule has 0 radical (unpaired) electrons. The third-order valence-electron chi connectivity index (χ3n) is 5.33. The molecular formula is C23H27N5O4. The molecule has 9 heteroatoms. The molecule has 3 N–H and O–H groups in total. The first kappa shape index (κ1) is 21.6. The van der Waals surface area contributed by atoms with Gasteiger partial charge in [-0.3, -0.25) is 10.1 Å². The predicted octanol–water partition coefficient (Wildman–Crippen LogP) is 2.90. The van der Waals surface area contributed by atoms with Crippen molar-refractivity contribution in [3.63, 3.8) is 0 Å². The molecule has 1 saturated heterocycles. The van der Waals surface area contributed by atoms with E-state index in [0.29, 0.717) is 36.2 Å². The fraction of sp³-hybridized carbons (Fsp3) is 0.348. The second-order valence-corrected chi connectivity index (χ2v) is 7.40. The second kappa shape index (κ2) is 9.27. The zero-order valence-electron chi connectivity index (χ0n) is 18.6. The number of hydrogen-bond acceptors (Lipinski definition) is 8. The maximum Gasteiger partial charge on any atom is 0.226 e. The van der Waals surface area contributed by atoms with Gasteiger partial charge in [0.2, 0.25) is 11.9 Å². The van der Waals surface area contributed by atoms with Crippen LogP contribution in [0.25, 0.3) is 10.9 Å². The lowest BCUT2D eigenvalue weighted by molar-refractivity contribution is -0.124. The molecule has 4 rings (SSSR count). The van der Waals surface area contributed by atoms with Crippen LogP contribution in [0.2, 0.25) is 0 Å². The number of para-hydroxylation sites is 1. The van der Waals surface area contributed by atoms with Crippen LogP contribution in [0.4, 0.5) is 5.95 Å². The predicted molar refractivity (Wildman–Crippen MR) is 121 cm³/mol. The van der Waals surface area contributed by atoms with E-state index in [0.717, 1.165) is 22.2 Å². The van der Waals surface area contributed by atoms with Gasteiger partial charge in [0.1, 0.15) is 11.3 Å². The van der Waals surface area contributed by atoms with Gasteiger partial charge in [-0.05, 0) is 37.6 Å². The third-order valence-corrected chi connectivity index (χ3v) is 5.33. The highest BCUT2D eigenvalue weighted by Gasteiger charge is 2.28. The van der Waals surface area contributed by atoms with Gasteiger partial charge in [0.25, 0.3) is 0 Å². The highest BCUT2D eigenvalue weighted by atomic mass is 16.5. The van der Waals surface area contributed by atoms with Crippen LogP contribution in [0.1, 0.15) is 30.6 Å². The van der Waals surface area contributed by atoms with Gasteiger partial charge in [0.15, 0.2) is 17.8 Å². The Balaban J connectivity index is 1.59. The van der Waals surface area contributed by atoms with Crippen LogP contribution < -0.4 is 30.2 Å². The van der Waals surface area contributed by atoms with E-state index in [1.165, 1.54) is 0 Å². The maximum absolute atomic E-state index is 12.4. The Morgan fingerprint density at radius 1 is 1.09 bits per heavy atom. The molecule has 0 aliphatic carbocycles. The minimum absolute atomic E-state index is 0.0893. The number of hydrogen-bond donors (Lipinski definition) is 3. The van der Waals surface area contributed by atoms with Crippen molar-refractivity contribution in [3.8, 4) is 17.2 Å². The zero-order valence-corrected chi connectivity index (χ0v) is 18.6. The number of rotatable bonds is 7. The number of fused-ring (bicyclic) bond motifs is 1. The number of carbonyl (C=O) groups excluding carboxylic acids is 1. The summed E-state index contributed by atoms with van der Waals surface area (Å²) in [5, 5.41) is 10.4. The number of amides is 1. The molecule has 1 aliphatic heterocycles. The van der Waals surface area contributed by atoms with Crippen molar-refractivity contribution in [3.05, 3.63) is 47.7 Å². The molecule has 2 unspecified atom stereocenters. The summed E-state index contributed by atoms with van der Waals surface area (Å²) in [5.74, 6) is 2.25. The Hall–Kier alpha value is -3.59. The van der Waals surface area contributed by atoms with Crippen LogP contribution in [0.15, 0.2) is 36.4 Å². The van der Waals surface area contributed by atoms with E-state index >= 15 is 0 Å². The molecule has 0 saturated carbocycles. The number of benzene rings is 2. The molecule has 9 nitrogen and oxygen atoms in total. The fourth-order valence-corrected chi connectivity index (χ4v) is 3.81. The molecule has 1 aliphatic rings. The molecule has 168 valence electrons. The SMILES string of the molecule is CCOc1cccc2c(C)nc(NC3NC(=O)CC(c4ccc(OC)c(OC)c4)N3)nc12. The highest BCUT2D eigenvalue weighted by molar-refractivity contribution is 5.87. The first-order chi connectivity index (χ1) is 15.5. The maximum atomic E-state index is 12.4. The summed E-state index contributed by atoms with van der Waals surface area (Å²) >= 11 is 0. The van der Waals surface area contributed by atoms with Gasteiger partial charge in [-0.2, -0.15) is 0 Å². The number of carbonyl (C=O) groups is 1. The van der Waals surface area contributed by atoms with Crippen LogP contribution in [0.3, 0.4) is 0 Å². The van der Waals surface area contributed by atoms with E-state index in [4.69, 9.17) is 14.2 Å². The minimum Gasteiger partial charge on any atom is -0.493 e. The van der Waals surface area contributed by atoms with E-state index in [1.54, 1.807) is 14.2 Å². The molecule has 2 heterocycles. The Bertz CT molecular complexity index is 1140. The summed E-state index contributed by atoms with van der Waals surface area (Å²) < 4.78 is 16.4. The number of methoxy groups -OCH3 is 2. The molecule has 2 atom stereocenters. The largest absolute Gasteiger partial charge is 0.493 e. The third kappa shape index (κ3) is 4.38. The van der Waals surface area contributed by atoms with Crippen molar-refractivity contribution in [2.75, 3.05) is 26.1 Å². The van der Waals surface area contributed by atoms with Gasteiger partial charge >= 0.3 is 0 Å². The number of aryl methyl sites for hydroxylation is 1. The molecule has 1 amide bonds. The summed E-state index contributed by atoms with van der Waals surface area (Å²) in [6.45, 7) is 4.39. The number of nitrogens with one attached hydrogen (secondary N) is 3. The van der Waals surface area contributed by atoms with Crippen molar-refractivity contribution in [2.24, 2.45) is 0 Å². The number of aromatic nitrogens is 2. The zero-order chi connectivity index (χ0) is 22.7. The fourth-order valence-electron chi connectivity index (χ4n) is 3.81. The van der Waals surface area contributed by atoms with Crippen LogP contribution in [0, 0.1) is 6.92 Å². The number of nitrogens with zero attached hydrogens (tertiary/aromatic N) is 2. The Kier molecular flexibility index (Phi) is 6.27. The van der Waals surface area contributed by atoms with E-state index < -0.39 is 6.29 Å². The van der Waals surface area contributed by atoms with E-state index in [1.807, 2.05) is 50.2 Å². The van der Waals surface area contributed by atoms with E-state index in [-0.39, 0.29) is 11.9 Å².